The standard InChI is InChI=1S/C15H16N4OS/c1-9(15-17-4-5-21-15)7-19-14(20)12-8-18-13-3-2-10(16)6-11(12)13/h2-6,8-9,18H,7,16H2,1H3,(H,19,20). The lowest BCUT2D eigenvalue weighted by Crippen LogP contribution is -2.27. The smallest absolute Gasteiger partial charge is 0.253 e. The first kappa shape index (κ1) is 13.6. The molecule has 4 N–H and O–H groups in total. The average molecular weight is 300 g/mol. The third-order valence-corrected chi connectivity index (χ3v) is 4.40. The second-order valence-corrected chi connectivity index (χ2v) is 5.91. The zero-order valence-electron chi connectivity index (χ0n) is 11.6. The van der Waals surface area contributed by atoms with Crippen molar-refractivity contribution in [1.82, 2.24) is 15.3 Å². The summed E-state index contributed by atoms with van der Waals surface area (Å²) in [5.41, 5.74) is 7.95. The summed E-state index contributed by atoms with van der Waals surface area (Å²) >= 11 is 1.60. The zero-order valence-corrected chi connectivity index (χ0v) is 12.4. The van der Waals surface area contributed by atoms with Crippen LogP contribution in [0.25, 0.3) is 10.9 Å². The van der Waals surface area contributed by atoms with Crippen molar-refractivity contribution in [1.29, 1.82) is 0 Å². The Morgan fingerprint density at radius 1 is 1.52 bits per heavy atom. The number of hydrogen-bond acceptors (Lipinski definition) is 4. The molecule has 1 amide bonds. The molecule has 0 saturated heterocycles. The minimum Gasteiger partial charge on any atom is -0.399 e. The number of H-pyrrole nitrogens is 1. The Bertz CT molecular complexity index is 763. The Hall–Kier alpha value is -2.34. The van der Waals surface area contributed by atoms with E-state index < -0.39 is 0 Å². The van der Waals surface area contributed by atoms with Gasteiger partial charge in [-0.25, -0.2) is 4.98 Å². The molecule has 0 aliphatic heterocycles. The molecule has 0 saturated carbocycles. The zero-order chi connectivity index (χ0) is 14.8. The van der Waals surface area contributed by atoms with Gasteiger partial charge in [-0.3, -0.25) is 4.79 Å². The second kappa shape index (κ2) is 5.57. The van der Waals surface area contributed by atoms with Gasteiger partial charge in [0.2, 0.25) is 0 Å². The number of carbonyl (C=O) groups excluding carboxylic acids is 1. The molecule has 1 unspecified atom stereocenters. The van der Waals surface area contributed by atoms with Gasteiger partial charge in [0.1, 0.15) is 0 Å². The molecular weight excluding hydrogens is 284 g/mol. The summed E-state index contributed by atoms with van der Waals surface area (Å²) in [5.74, 6) is 0.0967. The van der Waals surface area contributed by atoms with Crippen LogP contribution in [0.4, 0.5) is 5.69 Å². The van der Waals surface area contributed by atoms with Gasteiger partial charge in [0.15, 0.2) is 0 Å². The molecule has 0 aliphatic rings. The normalized spacial score (nSPS) is 12.4. The maximum absolute atomic E-state index is 12.3. The molecular formula is C15H16N4OS. The van der Waals surface area contributed by atoms with Crippen LogP contribution in [0.1, 0.15) is 28.2 Å². The second-order valence-electron chi connectivity index (χ2n) is 4.99. The number of fused-ring (bicyclic) bond motifs is 1. The minimum atomic E-state index is -0.102. The Morgan fingerprint density at radius 2 is 2.38 bits per heavy atom. The molecule has 0 radical (unpaired) electrons. The van der Waals surface area contributed by atoms with Crippen LogP contribution in [0, 0.1) is 0 Å². The molecule has 2 aromatic heterocycles. The van der Waals surface area contributed by atoms with Crippen LogP contribution in [0.3, 0.4) is 0 Å². The SMILES string of the molecule is CC(CNC(=O)c1c[nH]c2ccc(N)cc12)c1nccs1. The van der Waals surface area contributed by atoms with Crippen LogP contribution in [-0.4, -0.2) is 22.4 Å². The number of nitrogens with zero attached hydrogens (tertiary/aromatic N) is 1. The van der Waals surface area contributed by atoms with Crippen LogP contribution in [0.15, 0.2) is 36.0 Å². The molecule has 0 aliphatic carbocycles. The van der Waals surface area contributed by atoms with Gasteiger partial charge in [-0.2, -0.15) is 0 Å². The fourth-order valence-electron chi connectivity index (χ4n) is 2.23. The Balaban J connectivity index is 1.74. The number of amides is 1. The van der Waals surface area contributed by atoms with Gasteiger partial charge in [-0.15, -0.1) is 11.3 Å². The number of thiazole rings is 1. The quantitative estimate of drug-likeness (QED) is 0.648. The lowest BCUT2D eigenvalue weighted by Gasteiger charge is -2.09. The summed E-state index contributed by atoms with van der Waals surface area (Å²) < 4.78 is 0. The lowest BCUT2D eigenvalue weighted by molar-refractivity contribution is 0.0953. The molecule has 6 heteroatoms. The molecule has 108 valence electrons. The van der Waals surface area contributed by atoms with E-state index in [1.165, 1.54) is 0 Å². The summed E-state index contributed by atoms with van der Waals surface area (Å²) in [7, 11) is 0. The number of aromatic amines is 1. The molecule has 5 nitrogen and oxygen atoms in total. The summed E-state index contributed by atoms with van der Waals surface area (Å²) in [4.78, 5) is 19.7. The van der Waals surface area contributed by atoms with Crippen LogP contribution in [0.5, 0.6) is 0 Å². The molecule has 0 bridgehead atoms. The van der Waals surface area contributed by atoms with Crippen molar-refractivity contribution in [3.63, 3.8) is 0 Å². The Morgan fingerprint density at radius 3 is 3.14 bits per heavy atom. The number of benzene rings is 1. The summed E-state index contributed by atoms with van der Waals surface area (Å²) in [6, 6.07) is 5.50. The van der Waals surface area contributed by atoms with Crippen molar-refractivity contribution in [3.05, 3.63) is 46.5 Å². The van der Waals surface area contributed by atoms with Crippen molar-refractivity contribution >= 4 is 33.8 Å². The number of nitrogen functional groups attached to an aromatic ring is 1. The highest BCUT2D eigenvalue weighted by atomic mass is 32.1. The summed E-state index contributed by atoms with van der Waals surface area (Å²) in [5, 5.41) is 6.76. The van der Waals surface area contributed by atoms with E-state index in [0.29, 0.717) is 17.8 Å². The topological polar surface area (TPSA) is 83.8 Å². The fraction of sp³-hybridized carbons (Fsp3) is 0.200. The van der Waals surface area contributed by atoms with Gasteiger partial charge in [-0.1, -0.05) is 6.92 Å². The Labute approximate surface area is 126 Å². The van der Waals surface area contributed by atoms with Gasteiger partial charge in [-0.05, 0) is 18.2 Å². The number of hydrogen-bond donors (Lipinski definition) is 3. The third kappa shape index (κ3) is 2.75. The van der Waals surface area contributed by atoms with Gasteiger partial charge in [0, 0.05) is 46.8 Å². The van der Waals surface area contributed by atoms with E-state index in [-0.39, 0.29) is 11.8 Å². The highest BCUT2D eigenvalue weighted by Gasteiger charge is 2.14. The number of nitrogens with one attached hydrogen (secondary N) is 2. The van der Waals surface area contributed by atoms with Gasteiger partial charge < -0.3 is 16.0 Å². The highest BCUT2D eigenvalue weighted by Crippen LogP contribution is 2.21. The molecule has 2 heterocycles. The molecule has 1 atom stereocenters. The maximum atomic E-state index is 12.3. The fourth-order valence-corrected chi connectivity index (χ4v) is 2.93. The largest absolute Gasteiger partial charge is 0.399 e. The maximum Gasteiger partial charge on any atom is 0.253 e. The van der Waals surface area contributed by atoms with E-state index in [4.69, 9.17) is 5.73 Å². The molecule has 0 fully saturated rings. The van der Waals surface area contributed by atoms with Crippen molar-refractivity contribution in [2.45, 2.75) is 12.8 Å². The van der Waals surface area contributed by atoms with Crippen LogP contribution in [-0.2, 0) is 0 Å². The first-order valence-corrected chi connectivity index (χ1v) is 7.57. The van der Waals surface area contributed by atoms with E-state index in [9.17, 15) is 4.79 Å². The molecule has 21 heavy (non-hydrogen) atoms. The summed E-state index contributed by atoms with van der Waals surface area (Å²) in [6.45, 7) is 2.60. The predicted molar refractivity (Wildman–Crippen MR) is 85.6 cm³/mol. The van der Waals surface area contributed by atoms with E-state index in [1.807, 2.05) is 30.5 Å². The first-order valence-electron chi connectivity index (χ1n) is 6.69. The molecule has 3 aromatic rings. The third-order valence-electron chi connectivity index (χ3n) is 3.39. The predicted octanol–water partition coefficient (Wildman–Crippen LogP) is 2.74. The van der Waals surface area contributed by atoms with E-state index in [2.05, 4.69) is 15.3 Å². The van der Waals surface area contributed by atoms with Crippen LogP contribution < -0.4 is 11.1 Å². The van der Waals surface area contributed by atoms with Gasteiger partial charge in [0.05, 0.1) is 10.6 Å². The Kier molecular flexibility index (Phi) is 3.62. The molecule has 0 spiro atoms. The van der Waals surface area contributed by atoms with E-state index in [1.54, 1.807) is 23.7 Å². The highest BCUT2D eigenvalue weighted by molar-refractivity contribution is 7.09. The molecule has 3 rings (SSSR count). The number of nitrogens with two attached hydrogens (primary N) is 1. The van der Waals surface area contributed by atoms with Gasteiger partial charge >= 0.3 is 0 Å². The minimum absolute atomic E-state index is 0.102. The number of rotatable bonds is 4. The lowest BCUT2D eigenvalue weighted by atomic mass is 10.1. The monoisotopic (exact) mass is 300 g/mol. The average Bonchev–Trinajstić information content (AvgIpc) is 3.13. The number of aromatic nitrogens is 2. The van der Waals surface area contributed by atoms with Gasteiger partial charge in [0.25, 0.3) is 5.91 Å². The van der Waals surface area contributed by atoms with Crippen molar-refractivity contribution in [2.24, 2.45) is 0 Å². The van der Waals surface area contributed by atoms with Crippen molar-refractivity contribution in [2.75, 3.05) is 12.3 Å². The van der Waals surface area contributed by atoms with Crippen molar-refractivity contribution in [3.8, 4) is 0 Å². The first-order chi connectivity index (χ1) is 10.1. The number of anilines is 1. The molecule has 1 aromatic carbocycles. The van der Waals surface area contributed by atoms with Crippen molar-refractivity contribution < 1.29 is 4.79 Å². The van der Waals surface area contributed by atoms with E-state index >= 15 is 0 Å². The van der Waals surface area contributed by atoms with E-state index in [0.717, 1.165) is 15.9 Å². The van der Waals surface area contributed by atoms with Crippen LogP contribution >= 0.6 is 11.3 Å². The summed E-state index contributed by atoms with van der Waals surface area (Å²) in [6.07, 6.45) is 3.49. The number of carbonyl (C=O) groups is 1. The van der Waals surface area contributed by atoms with Crippen LogP contribution in [0.2, 0.25) is 0 Å².